The predicted molar refractivity (Wildman–Crippen MR) is 132 cm³/mol. The second kappa shape index (κ2) is 8.22. The number of nitrogens with zero attached hydrogens (tertiary/aromatic N) is 2. The summed E-state index contributed by atoms with van der Waals surface area (Å²) < 4.78 is 16.5. The first-order chi connectivity index (χ1) is 15.9. The van der Waals surface area contributed by atoms with E-state index >= 15 is 0 Å². The van der Waals surface area contributed by atoms with Gasteiger partial charge in [-0.1, -0.05) is 73.5 Å². The molecule has 0 saturated heterocycles. The molecule has 33 heavy (non-hydrogen) atoms. The van der Waals surface area contributed by atoms with E-state index in [-0.39, 0.29) is 11.2 Å². The van der Waals surface area contributed by atoms with E-state index in [2.05, 4.69) is 80.9 Å². The molecule has 0 aliphatic carbocycles. The zero-order valence-corrected chi connectivity index (χ0v) is 19.8. The summed E-state index contributed by atoms with van der Waals surface area (Å²) >= 11 is 0. The Morgan fingerprint density at radius 1 is 0.879 bits per heavy atom. The lowest BCUT2D eigenvalue weighted by molar-refractivity contribution is -0.696. The van der Waals surface area contributed by atoms with Crippen molar-refractivity contribution >= 4 is 0 Å². The van der Waals surface area contributed by atoms with Crippen LogP contribution in [0, 0.1) is 19.7 Å². The molecule has 3 heteroatoms. The molecule has 0 atom stereocenters. The van der Waals surface area contributed by atoms with Gasteiger partial charge in [0.2, 0.25) is 5.69 Å². The van der Waals surface area contributed by atoms with Crippen molar-refractivity contribution in [3.63, 3.8) is 0 Å². The zero-order valence-electron chi connectivity index (χ0n) is 19.8. The fraction of sp³-hybridized carbons (Fsp3) is 0.267. The van der Waals surface area contributed by atoms with Gasteiger partial charge in [-0.25, -0.2) is 9.37 Å². The molecule has 0 radical (unpaired) electrons. The lowest BCUT2D eigenvalue weighted by atomic mass is 9.70. The van der Waals surface area contributed by atoms with Crippen LogP contribution < -0.4 is 4.57 Å². The van der Waals surface area contributed by atoms with Gasteiger partial charge in [-0.3, -0.25) is 0 Å². The molecule has 0 spiro atoms. The molecule has 5 rings (SSSR count). The number of fused-ring (bicyclic) bond motifs is 3. The third-order valence-electron chi connectivity index (χ3n) is 7.30. The molecule has 2 nitrogen and oxygen atoms in total. The van der Waals surface area contributed by atoms with Gasteiger partial charge < -0.3 is 0 Å². The van der Waals surface area contributed by atoms with E-state index in [9.17, 15) is 4.39 Å². The molecule has 0 saturated carbocycles. The molecular weight excluding hydrogens is 407 g/mol. The molecule has 166 valence electrons. The lowest BCUT2D eigenvalue weighted by Gasteiger charge is -2.35. The van der Waals surface area contributed by atoms with E-state index < -0.39 is 0 Å². The Morgan fingerprint density at radius 2 is 1.61 bits per heavy atom. The number of aromatic nitrogens is 2. The number of halogens is 1. The van der Waals surface area contributed by atoms with Gasteiger partial charge in [0, 0.05) is 11.1 Å². The first kappa shape index (κ1) is 21.5. The summed E-state index contributed by atoms with van der Waals surface area (Å²) in [5, 5.41) is 0. The Labute approximate surface area is 195 Å². The van der Waals surface area contributed by atoms with Gasteiger partial charge >= 0.3 is 0 Å². The van der Waals surface area contributed by atoms with Crippen molar-refractivity contribution in [2.75, 3.05) is 0 Å². The molecule has 0 fully saturated rings. The van der Waals surface area contributed by atoms with Crippen molar-refractivity contribution in [1.29, 1.82) is 0 Å². The minimum Gasteiger partial charge on any atom is -0.234 e. The van der Waals surface area contributed by atoms with Gasteiger partial charge in [0.05, 0.1) is 11.0 Å². The smallest absolute Gasteiger partial charge is 0.234 e. The van der Waals surface area contributed by atoms with Crippen LogP contribution in [0.15, 0.2) is 72.9 Å². The highest BCUT2D eigenvalue weighted by atomic mass is 19.1. The highest BCUT2D eigenvalue weighted by Gasteiger charge is 2.43. The minimum atomic E-state index is -0.244. The standard InChI is InChI=1S/C30H30FN2/c1-5-30(6-2)19-33-18-27(23-8-7-9-24(31)17-23)32-28(22-13-10-20(3)11-14-22)29(33)25-15-12-21(4)16-26(25)30/h7-18H,5-6,19H2,1-4H3/q+1. The highest BCUT2D eigenvalue weighted by Crippen LogP contribution is 2.44. The number of aryl methyl sites for hydroxylation is 2. The summed E-state index contributed by atoms with van der Waals surface area (Å²) in [7, 11) is 0. The fourth-order valence-electron chi connectivity index (χ4n) is 5.23. The summed E-state index contributed by atoms with van der Waals surface area (Å²) in [5.41, 5.74) is 10.00. The predicted octanol–water partition coefficient (Wildman–Crippen LogP) is 7.20. The Balaban J connectivity index is 1.84. The Morgan fingerprint density at radius 3 is 2.30 bits per heavy atom. The Kier molecular flexibility index (Phi) is 5.36. The van der Waals surface area contributed by atoms with Crippen LogP contribution >= 0.6 is 0 Å². The average Bonchev–Trinajstić information content (AvgIpc) is 2.83. The van der Waals surface area contributed by atoms with Crippen LogP contribution in [-0.4, -0.2) is 4.98 Å². The van der Waals surface area contributed by atoms with Crippen molar-refractivity contribution in [2.45, 2.75) is 52.5 Å². The first-order valence-electron chi connectivity index (χ1n) is 11.8. The van der Waals surface area contributed by atoms with Crippen molar-refractivity contribution in [2.24, 2.45) is 0 Å². The summed E-state index contributed by atoms with van der Waals surface area (Å²) in [4.78, 5) is 5.13. The maximum absolute atomic E-state index is 14.1. The zero-order chi connectivity index (χ0) is 23.2. The van der Waals surface area contributed by atoms with E-state index in [1.165, 1.54) is 28.3 Å². The maximum Gasteiger partial charge on any atom is 0.239 e. The molecular formula is C30H30FN2+. The molecule has 0 N–H and O–H groups in total. The van der Waals surface area contributed by atoms with Crippen LogP contribution in [0.1, 0.15) is 43.4 Å². The van der Waals surface area contributed by atoms with Crippen molar-refractivity contribution in [3.05, 3.63) is 95.4 Å². The summed E-state index contributed by atoms with van der Waals surface area (Å²) in [6.07, 6.45) is 4.23. The normalized spacial score (nSPS) is 14.0. The van der Waals surface area contributed by atoms with E-state index in [0.29, 0.717) is 0 Å². The summed E-state index contributed by atoms with van der Waals surface area (Å²) in [6.45, 7) is 9.73. The Hall–Kier alpha value is -3.33. The second-order valence-electron chi connectivity index (χ2n) is 9.36. The molecule has 0 unspecified atom stereocenters. The highest BCUT2D eigenvalue weighted by molar-refractivity contribution is 5.80. The number of benzene rings is 3. The van der Waals surface area contributed by atoms with Gasteiger partial charge in [-0.15, -0.1) is 0 Å². The van der Waals surface area contributed by atoms with Gasteiger partial charge in [0.15, 0.2) is 12.7 Å². The Bertz CT molecular complexity index is 1330. The van der Waals surface area contributed by atoms with Gasteiger partial charge in [-0.2, -0.15) is 4.57 Å². The van der Waals surface area contributed by atoms with Crippen LogP contribution in [0.4, 0.5) is 4.39 Å². The van der Waals surface area contributed by atoms with E-state index in [1.807, 2.05) is 6.07 Å². The molecule has 1 aliphatic heterocycles. The third-order valence-corrected chi connectivity index (χ3v) is 7.30. The van der Waals surface area contributed by atoms with Crippen LogP contribution in [0.5, 0.6) is 0 Å². The summed E-state index contributed by atoms with van der Waals surface area (Å²) in [6, 6.07) is 22.1. The van der Waals surface area contributed by atoms with Crippen LogP contribution in [0.25, 0.3) is 33.8 Å². The monoisotopic (exact) mass is 437 g/mol. The second-order valence-corrected chi connectivity index (χ2v) is 9.36. The van der Waals surface area contributed by atoms with Crippen molar-refractivity contribution in [3.8, 4) is 33.8 Å². The molecule has 0 bridgehead atoms. The van der Waals surface area contributed by atoms with E-state index in [4.69, 9.17) is 4.98 Å². The van der Waals surface area contributed by atoms with Crippen LogP contribution in [0.3, 0.4) is 0 Å². The molecule has 1 aromatic heterocycles. The number of rotatable bonds is 4. The quantitative estimate of drug-likeness (QED) is 0.309. The van der Waals surface area contributed by atoms with Crippen LogP contribution in [-0.2, 0) is 12.0 Å². The number of hydrogen-bond acceptors (Lipinski definition) is 1. The molecule has 2 heterocycles. The minimum absolute atomic E-state index is 0.0596. The molecule has 0 amide bonds. The lowest BCUT2D eigenvalue weighted by Crippen LogP contribution is -2.51. The first-order valence-corrected chi connectivity index (χ1v) is 11.8. The van der Waals surface area contributed by atoms with Gasteiger partial charge in [0.25, 0.3) is 0 Å². The van der Waals surface area contributed by atoms with Gasteiger partial charge in [-0.05, 0) is 50.5 Å². The molecule has 4 aromatic rings. The van der Waals surface area contributed by atoms with Crippen molar-refractivity contribution in [1.82, 2.24) is 4.98 Å². The van der Waals surface area contributed by atoms with E-state index in [1.54, 1.807) is 12.1 Å². The number of hydrogen-bond donors (Lipinski definition) is 0. The fourth-order valence-corrected chi connectivity index (χ4v) is 5.23. The summed E-state index contributed by atoms with van der Waals surface area (Å²) in [5.74, 6) is -0.244. The topological polar surface area (TPSA) is 16.8 Å². The SMILES string of the molecule is CCC1(CC)C[n+]2cc(-c3cccc(F)c3)nc(-c3ccc(C)cc3)c2-c2ccc(C)cc21. The largest absolute Gasteiger partial charge is 0.239 e. The van der Waals surface area contributed by atoms with Gasteiger partial charge in [0.1, 0.15) is 17.2 Å². The van der Waals surface area contributed by atoms with Crippen LogP contribution in [0.2, 0.25) is 0 Å². The van der Waals surface area contributed by atoms with Crippen molar-refractivity contribution < 1.29 is 8.96 Å². The average molecular weight is 438 g/mol. The third kappa shape index (κ3) is 3.66. The molecule has 3 aromatic carbocycles. The molecule has 1 aliphatic rings. The maximum atomic E-state index is 14.1. The van der Waals surface area contributed by atoms with E-state index in [0.717, 1.165) is 47.6 Å².